The number of benzene rings is 2. The lowest BCUT2D eigenvalue weighted by Gasteiger charge is -2.10. The van der Waals surface area contributed by atoms with Crippen LogP contribution in [0.3, 0.4) is 0 Å². The largest absolute Gasteiger partial charge is 0.486 e. The van der Waals surface area contributed by atoms with Crippen molar-refractivity contribution in [2.24, 2.45) is 0 Å². The number of hydrogen-bond donors (Lipinski definition) is 2. The first kappa shape index (κ1) is 14.6. The van der Waals surface area contributed by atoms with Crippen LogP contribution in [0.4, 0.5) is 5.69 Å². The standard InChI is InChI=1S/C15H13ClN4OS/c16-11-6-8-13(9-7-11)21-10-14-17-18-15(22)20(14)19-12-4-2-1-3-5-12/h1-9,19H,10H2,(H,18,22). The first-order valence-corrected chi connectivity index (χ1v) is 7.38. The molecule has 0 aliphatic heterocycles. The van der Waals surface area contributed by atoms with Crippen LogP contribution < -0.4 is 10.2 Å². The molecule has 112 valence electrons. The van der Waals surface area contributed by atoms with Gasteiger partial charge in [0.2, 0.25) is 4.77 Å². The minimum atomic E-state index is 0.272. The molecule has 2 aromatic carbocycles. The fourth-order valence-corrected chi connectivity index (χ4v) is 2.18. The molecule has 7 heteroatoms. The summed E-state index contributed by atoms with van der Waals surface area (Å²) in [6.07, 6.45) is 0. The molecule has 0 radical (unpaired) electrons. The van der Waals surface area contributed by atoms with Crippen molar-refractivity contribution in [3.63, 3.8) is 0 Å². The SMILES string of the molecule is S=c1[nH]nc(COc2ccc(Cl)cc2)n1Nc1ccccc1. The van der Waals surface area contributed by atoms with Crippen molar-refractivity contribution >= 4 is 29.5 Å². The number of nitrogens with zero attached hydrogens (tertiary/aromatic N) is 2. The summed E-state index contributed by atoms with van der Waals surface area (Å²) >= 11 is 11.1. The molecule has 0 spiro atoms. The second-order valence-electron chi connectivity index (χ2n) is 4.50. The van der Waals surface area contributed by atoms with Crippen LogP contribution in [0.2, 0.25) is 5.02 Å². The number of hydrogen-bond acceptors (Lipinski definition) is 4. The summed E-state index contributed by atoms with van der Waals surface area (Å²) in [6, 6.07) is 16.9. The summed E-state index contributed by atoms with van der Waals surface area (Å²) in [5, 5.41) is 7.60. The molecule has 0 unspecified atom stereocenters. The van der Waals surface area contributed by atoms with Crippen molar-refractivity contribution in [3.05, 3.63) is 70.2 Å². The molecular formula is C15H13ClN4OS. The predicted molar refractivity (Wildman–Crippen MR) is 88.7 cm³/mol. The molecule has 5 nitrogen and oxygen atoms in total. The molecule has 0 fully saturated rings. The molecule has 3 aromatic rings. The van der Waals surface area contributed by atoms with Crippen LogP contribution in [0.5, 0.6) is 5.75 Å². The highest BCUT2D eigenvalue weighted by Crippen LogP contribution is 2.16. The third-order valence-corrected chi connectivity index (χ3v) is 3.46. The van der Waals surface area contributed by atoms with Crippen molar-refractivity contribution in [1.82, 2.24) is 14.9 Å². The summed E-state index contributed by atoms with van der Waals surface area (Å²) < 4.78 is 7.84. The van der Waals surface area contributed by atoms with Crippen molar-refractivity contribution in [1.29, 1.82) is 0 Å². The van der Waals surface area contributed by atoms with E-state index in [1.54, 1.807) is 28.9 Å². The molecule has 0 saturated carbocycles. The molecule has 0 saturated heterocycles. The number of anilines is 1. The zero-order chi connectivity index (χ0) is 15.4. The van der Waals surface area contributed by atoms with E-state index >= 15 is 0 Å². The summed E-state index contributed by atoms with van der Waals surface area (Å²) in [4.78, 5) is 0. The van der Waals surface area contributed by atoms with Crippen LogP contribution in [0.15, 0.2) is 54.6 Å². The van der Waals surface area contributed by atoms with Gasteiger partial charge in [-0.3, -0.25) is 10.5 Å². The van der Waals surface area contributed by atoms with Gasteiger partial charge in [-0.25, -0.2) is 4.68 Å². The number of rotatable bonds is 5. The molecule has 0 atom stereocenters. The van der Waals surface area contributed by atoms with Gasteiger partial charge < -0.3 is 4.74 Å². The average molecular weight is 333 g/mol. The molecule has 3 rings (SSSR count). The summed E-state index contributed by atoms with van der Waals surface area (Å²) in [5.41, 5.74) is 4.09. The second kappa shape index (κ2) is 6.64. The Morgan fingerprint density at radius 1 is 1.14 bits per heavy atom. The van der Waals surface area contributed by atoms with Crippen LogP contribution in [0.25, 0.3) is 0 Å². The van der Waals surface area contributed by atoms with E-state index < -0.39 is 0 Å². The number of halogens is 1. The first-order chi connectivity index (χ1) is 10.7. The molecule has 0 amide bonds. The van der Waals surface area contributed by atoms with Crippen molar-refractivity contribution in [2.45, 2.75) is 6.61 Å². The van der Waals surface area contributed by atoms with E-state index in [2.05, 4.69) is 15.6 Å². The van der Waals surface area contributed by atoms with Crippen LogP contribution in [-0.4, -0.2) is 14.9 Å². The van der Waals surface area contributed by atoms with Gasteiger partial charge in [-0.05, 0) is 48.6 Å². The lowest BCUT2D eigenvalue weighted by atomic mass is 10.3. The first-order valence-electron chi connectivity index (χ1n) is 6.59. The van der Waals surface area contributed by atoms with Gasteiger partial charge in [0, 0.05) is 5.02 Å². The Balaban J connectivity index is 1.74. The molecule has 0 aliphatic carbocycles. The number of nitrogens with one attached hydrogen (secondary N) is 2. The van der Waals surface area contributed by atoms with E-state index in [9.17, 15) is 0 Å². The Kier molecular flexibility index (Phi) is 4.41. The quantitative estimate of drug-likeness (QED) is 0.692. The van der Waals surface area contributed by atoms with Gasteiger partial charge in [0.25, 0.3) is 0 Å². The minimum absolute atomic E-state index is 0.272. The maximum Gasteiger partial charge on any atom is 0.214 e. The highest BCUT2D eigenvalue weighted by molar-refractivity contribution is 7.71. The Bertz CT molecular complexity index is 798. The lowest BCUT2D eigenvalue weighted by Crippen LogP contribution is -2.15. The lowest BCUT2D eigenvalue weighted by molar-refractivity contribution is 0.292. The average Bonchev–Trinajstić information content (AvgIpc) is 2.88. The Hall–Kier alpha value is -2.31. The van der Waals surface area contributed by atoms with Gasteiger partial charge in [0.05, 0.1) is 5.69 Å². The van der Waals surface area contributed by atoms with E-state index in [-0.39, 0.29) is 6.61 Å². The Morgan fingerprint density at radius 3 is 2.59 bits per heavy atom. The van der Waals surface area contributed by atoms with E-state index in [0.29, 0.717) is 21.4 Å². The van der Waals surface area contributed by atoms with Gasteiger partial charge in [-0.15, -0.1) is 0 Å². The van der Waals surface area contributed by atoms with Gasteiger partial charge in [0.1, 0.15) is 12.4 Å². The monoisotopic (exact) mass is 332 g/mol. The minimum Gasteiger partial charge on any atom is -0.486 e. The van der Waals surface area contributed by atoms with Gasteiger partial charge in [-0.1, -0.05) is 29.8 Å². The normalized spacial score (nSPS) is 10.4. The molecule has 22 heavy (non-hydrogen) atoms. The molecule has 1 aromatic heterocycles. The van der Waals surface area contributed by atoms with E-state index in [1.165, 1.54) is 0 Å². The maximum atomic E-state index is 5.85. The Labute approximate surface area is 137 Å². The predicted octanol–water partition coefficient (Wildman–Crippen LogP) is 4.05. The number of ether oxygens (including phenoxy) is 1. The van der Waals surface area contributed by atoms with Gasteiger partial charge >= 0.3 is 0 Å². The van der Waals surface area contributed by atoms with Crippen molar-refractivity contribution in [3.8, 4) is 5.75 Å². The summed E-state index contributed by atoms with van der Waals surface area (Å²) in [5.74, 6) is 1.35. The fourth-order valence-electron chi connectivity index (χ4n) is 1.86. The van der Waals surface area contributed by atoms with Crippen molar-refractivity contribution < 1.29 is 4.74 Å². The van der Waals surface area contributed by atoms with Crippen LogP contribution in [0, 0.1) is 4.77 Å². The van der Waals surface area contributed by atoms with Gasteiger partial charge in [0.15, 0.2) is 5.82 Å². The third-order valence-electron chi connectivity index (χ3n) is 2.94. The van der Waals surface area contributed by atoms with Crippen molar-refractivity contribution in [2.75, 3.05) is 5.43 Å². The van der Waals surface area contributed by atoms with E-state index in [4.69, 9.17) is 28.6 Å². The second-order valence-corrected chi connectivity index (χ2v) is 5.32. The van der Waals surface area contributed by atoms with E-state index in [1.807, 2.05) is 30.3 Å². The maximum absolute atomic E-state index is 5.85. The summed E-state index contributed by atoms with van der Waals surface area (Å²) in [6.45, 7) is 0.272. The topological polar surface area (TPSA) is 54.9 Å². The van der Waals surface area contributed by atoms with Crippen LogP contribution >= 0.6 is 23.8 Å². The molecule has 2 N–H and O–H groups in total. The van der Waals surface area contributed by atoms with Crippen LogP contribution in [0.1, 0.15) is 5.82 Å². The highest BCUT2D eigenvalue weighted by atomic mass is 35.5. The fraction of sp³-hybridized carbons (Fsp3) is 0.0667. The number of aromatic nitrogens is 3. The zero-order valence-corrected chi connectivity index (χ0v) is 13.1. The third kappa shape index (κ3) is 3.47. The Morgan fingerprint density at radius 2 is 1.86 bits per heavy atom. The molecule has 1 heterocycles. The number of H-pyrrole nitrogens is 1. The van der Waals surface area contributed by atoms with E-state index in [0.717, 1.165) is 5.69 Å². The number of aromatic amines is 1. The zero-order valence-electron chi connectivity index (χ0n) is 11.5. The molecule has 0 aliphatic rings. The molecule has 0 bridgehead atoms. The smallest absolute Gasteiger partial charge is 0.214 e. The highest BCUT2D eigenvalue weighted by Gasteiger charge is 2.07. The molecular weight excluding hydrogens is 320 g/mol. The van der Waals surface area contributed by atoms with Gasteiger partial charge in [-0.2, -0.15) is 5.10 Å². The summed E-state index contributed by atoms with van der Waals surface area (Å²) in [7, 11) is 0. The number of para-hydroxylation sites is 1. The van der Waals surface area contributed by atoms with Crippen LogP contribution in [-0.2, 0) is 6.61 Å².